The van der Waals surface area contributed by atoms with Crippen molar-refractivity contribution in [2.24, 2.45) is 5.10 Å². The molecule has 0 aliphatic heterocycles. The first-order chi connectivity index (χ1) is 17.4. The van der Waals surface area contributed by atoms with E-state index in [1.54, 1.807) is 12.3 Å². The van der Waals surface area contributed by atoms with Crippen LogP contribution in [0.15, 0.2) is 73.4 Å². The van der Waals surface area contributed by atoms with Gasteiger partial charge in [0.1, 0.15) is 12.4 Å². The Hall–Kier alpha value is -2.24. The SMILES string of the molecule is CCCc1nc2ccc(Br)cc2c(=O)n1N=Cc1cc(I)c(OCc2ccc(Br)cc2)c(OCC)c1. The van der Waals surface area contributed by atoms with E-state index in [9.17, 15) is 4.79 Å². The fourth-order valence-corrected chi connectivity index (χ4v) is 5.03. The molecule has 0 spiro atoms. The number of hydrogen-bond acceptors (Lipinski definition) is 5. The van der Waals surface area contributed by atoms with Crippen LogP contribution in [0.4, 0.5) is 0 Å². The van der Waals surface area contributed by atoms with E-state index in [0.29, 0.717) is 47.9 Å². The minimum absolute atomic E-state index is 0.199. The zero-order valence-corrected chi connectivity index (χ0v) is 25.1. The number of aryl methyl sites for hydroxylation is 1. The highest BCUT2D eigenvalue weighted by Crippen LogP contribution is 2.34. The fourth-order valence-electron chi connectivity index (χ4n) is 3.63. The molecule has 0 aliphatic carbocycles. The summed E-state index contributed by atoms with van der Waals surface area (Å²) in [5, 5.41) is 5.06. The number of halogens is 3. The predicted octanol–water partition coefficient (Wildman–Crippen LogP) is 7.34. The standard InChI is InChI=1S/C27H24Br2IN3O3/c1-3-5-25-32-23-11-10-20(29)14-21(23)27(34)33(25)31-15-18-12-22(30)26(24(13-18)35-4-2)36-16-17-6-8-19(28)9-7-17/h6-15H,3-5,16H2,1-2H3. The quantitative estimate of drug-likeness (QED) is 0.134. The third-order valence-corrected chi connectivity index (χ3v) is 7.12. The van der Waals surface area contributed by atoms with E-state index >= 15 is 0 Å². The fraction of sp³-hybridized carbons (Fsp3) is 0.222. The summed E-state index contributed by atoms with van der Waals surface area (Å²) in [6, 6.07) is 17.3. The van der Waals surface area contributed by atoms with Crippen LogP contribution in [-0.4, -0.2) is 22.5 Å². The van der Waals surface area contributed by atoms with Crippen LogP contribution in [0.5, 0.6) is 11.5 Å². The van der Waals surface area contributed by atoms with Gasteiger partial charge in [0.15, 0.2) is 11.5 Å². The van der Waals surface area contributed by atoms with Crippen molar-refractivity contribution in [3.63, 3.8) is 0 Å². The lowest BCUT2D eigenvalue weighted by Crippen LogP contribution is -2.22. The number of rotatable bonds is 9. The molecule has 0 aliphatic rings. The van der Waals surface area contributed by atoms with Gasteiger partial charge in [0.25, 0.3) is 5.56 Å². The highest BCUT2D eigenvalue weighted by molar-refractivity contribution is 14.1. The van der Waals surface area contributed by atoms with Gasteiger partial charge in [0, 0.05) is 15.4 Å². The van der Waals surface area contributed by atoms with Crippen LogP contribution in [0.2, 0.25) is 0 Å². The molecule has 0 amide bonds. The third-order valence-electron chi connectivity index (χ3n) is 5.30. The molecule has 0 bridgehead atoms. The highest BCUT2D eigenvalue weighted by Gasteiger charge is 2.14. The molecule has 0 fully saturated rings. The molecule has 1 heterocycles. The van der Waals surface area contributed by atoms with E-state index in [4.69, 9.17) is 14.5 Å². The summed E-state index contributed by atoms with van der Waals surface area (Å²) in [4.78, 5) is 18.0. The Morgan fingerprint density at radius 2 is 1.78 bits per heavy atom. The summed E-state index contributed by atoms with van der Waals surface area (Å²) in [5.74, 6) is 1.94. The number of aromatic nitrogens is 2. The maximum atomic E-state index is 13.3. The minimum atomic E-state index is -0.199. The number of ether oxygens (including phenoxy) is 2. The van der Waals surface area contributed by atoms with Gasteiger partial charge >= 0.3 is 0 Å². The van der Waals surface area contributed by atoms with Crippen molar-refractivity contribution < 1.29 is 9.47 Å². The zero-order chi connectivity index (χ0) is 25.7. The molecule has 6 nitrogen and oxygen atoms in total. The molecule has 0 saturated heterocycles. The van der Waals surface area contributed by atoms with Crippen LogP contribution in [0, 0.1) is 3.57 Å². The molecule has 1 aromatic heterocycles. The summed E-state index contributed by atoms with van der Waals surface area (Å²) in [6.07, 6.45) is 3.15. The van der Waals surface area contributed by atoms with Crippen LogP contribution < -0.4 is 15.0 Å². The first-order valence-electron chi connectivity index (χ1n) is 11.5. The second kappa shape index (κ2) is 12.3. The maximum absolute atomic E-state index is 13.3. The van der Waals surface area contributed by atoms with Crippen LogP contribution in [-0.2, 0) is 13.0 Å². The van der Waals surface area contributed by atoms with Crippen molar-refractivity contribution in [2.75, 3.05) is 6.61 Å². The van der Waals surface area contributed by atoms with Crippen molar-refractivity contribution >= 4 is 71.6 Å². The van der Waals surface area contributed by atoms with Gasteiger partial charge in [-0.25, -0.2) is 4.98 Å². The molecule has 9 heteroatoms. The summed E-state index contributed by atoms with van der Waals surface area (Å²) in [5.41, 5.74) is 2.32. The molecule has 0 atom stereocenters. The Bertz CT molecular complexity index is 1470. The van der Waals surface area contributed by atoms with E-state index in [-0.39, 0.29) is 5.56 Å². The zero-order valence-electron chi connectivity index (χ0n) is 19.8. The lowest BCUT2D eigenvalue weighted by molar-refractivity contribution is 0.267. The normalized spacial score (nSPS) is 11.4. The summed E-state index contributed by atoms with van der Waals surface area (Å²) in [6.45, 7) is 4.90. The number of nitrogens with zero attached hydrogens (tertiary/aromatic N) is 3. The minimum Gasteiger partial charge on any atom is -0.490 e. The van der Waals surface area contributed by atoms with Gasteiger partial charge in [-0.05, 0) is 89.5 Å². The van der Waals surface area contributed by atoms with Gasteiger partial charge in [0.05, 0.1) is 27.3 Å². The van der Waals surface area contributed by atoms with Crippen molar-refractivity contribution in [2.45, 2.75) is 33.3 Å². The smallest absolute Gasteiger partial charge is 0.282 e. The Balaban J connectivity index is 1.68. The van der Waals surface area contributed by atoms with Crippen molar-refractivity contribution in [3.05, 3.63) is 94.4 Å². The van der Waals surface area contributed by atoms with E-state index in [0.717, 1.165) is 30.1 Å². The van der Waals surface area contributed by atoms with E-state index in [2.05, 4.69) is 66.5 Å². The van der Waals surface area contributed by atoms with Crippen molar-refractivity contribution in [1.29, 1.82) is 0 Å². The number of hydrogen-bond donors (Lipinski definition) is 0. The highest BCUT2D eigenvalue weighted by atomic mass is 127. The molecule has 4 aromatic rings. The average molecular weight is 725 g/mol. The summed E-state index contributed by atoms with van der Waals surface area (Å²) >= 11 is 9.13. The van der Waals surface area contributed by atoms with Gasteiger partial charge in [-0.3, -0.25) is 4.79 Å². The first kappa shape index (κ1) is 26.8. The van der Waals surface area contributed by atoms with Crippen molar-refractivity contribution in [3.8, 4) is 11.5 Å². The molecule has 4 rings (SSSR count). The maximum Gasteiger partial charge on any atom is 0.282 e. The van der Waals surface area contributed by atoms with E-state index in [1.165, 1.54) is 4.68 Å². The van der Waals surface area contributed by atoms with Gasteiger partial charge in [-0.2, -0.15) is 9.78 Å². The van der Waals surface area contributed by atoms with Crippen LogP contribution >= 0.6 is 54.5 Å². The van der Waals surface area contributed by atoms with Crippen LogP contribution in [0.25, 0.3) is 10.9 Å². The average Bonchev–Trinajstić information content (AvgIpc) is 2.85. The lowest BCUT2D eigenvalue weighted by Gasteiger charge is -2.15. The Morgan fingerprint density at radius 3 is 2.50 bits per heavy atom. The predicted molar refractivity (Wildman–Crippen MR) is 159 cm³/mol. The Kier molecular flexibility index (Phi) is 9.19. The second-order valence-electron chi connectivity index (χ2n) is 7.98. The van der Waals surface area contributed by atoms with E-state index < -0.39 is 0 Å². The summed E-state index contributed by atoms with van der Waals surface area (Å²) in [7, 11) is 0. The molecule has 0 unspecified atom stereocenters. The molecular formula is C27H24Br2IN3O3. The first-order valence-corrected chi connectivity index (χ1v) is 14.1. The molecule has 3 aromatic carbocycles. The monoisotopic (exact) mass is 723 g/mol. The van der Waals surface area contributed by atoms with Gasteiger partial charge < -0.3 is 9.47 Å². The third kappa shape index (κ3) is 6.36. The molecule has 186 valence electrons. The number of benzene rings is 3. The van der Waals surface area contributed by atoms with Crippen LogP contribution in [0.1, 0.15) is 37.2 Å². The molecule has 0 saturated carbocycles. The molecule has 0 radical (unpaired) electrons. The molecular weight excluding hydrogens is 701 g/mol. The number of fused-ring (bicyclic) bond motifs is 1. The lowest BCUT2D eigenvalue weighted by atomic mass is 10.2. The van der Waals surface area contributed by atoms with Gasteiger partial charge in [-0.1, -0.05) is 50.9 Å². The Morgan fingerprint density at radius 1 is 1.03 bits per heavy atom. The Labute approximate surface area is 240 Å². The van der Waals surface area contributed by atoms with Gasteiger partial charge in [-0.15, -0.1) is 0 Å². The second-order valence-corrected chi connectivity index (χ2v) is 11.0. The summed E-state index contributed by atoms with van der Waals surface area (Å²) < 4.78 is 16.1. The molecule has 36 heavy (non-hydrogen) atoms. The topological polar surface area (TPSA) is 65.7 Å². The largest absolute Gasteiger partial charge is 0.490 e. The van der Waals surface area contributed by atoms with Gasteiger partial charge in [0.2, 0.25) is 0 Å². The van der Waals surface area contributed by atoms with Crippen molar-refractivity contribution in [1.82, 2.24) is 9.66 Å². The van der Waals surface area contributed by atoms with E-state index in [1.807, 2.05) is 55.5 Å². The molecule has 0 N–H and O–H groups in total. The van der Waals surface area contributed by atoms with Crippen LogP contribution in [0.3, 0.4) is 0 Å².